The van der Waals surface area contributed by atoms with Crippen LogP contribution in [0, 0.1) is 0 Å². The third-order valence-electron chi connectivity index (χ3n) is 4.66. The van der Waals surface area contributed by atoms with Crippen LogP contribution in [0.2, 0.25) is 0 Å². The number of aromatic carboxylic acids is 1. The first kappa shape index (κ1) is 23.3. The maximum Gasteiger partial charge on any atom is 0.335 e. The Kier molecular flexibility index (Phi) is 8.02. The van der Waals surface area contributed by atoms with Gasteiger partial charge in [0.2, 0.25) is 5.91 Å². The number of carbonyl (C=O) groups excluding carboxylic acids is 1. The molecule has 33 heavy (non-hydrogen) atoms. The number of hydrogen-bond acceptors (Lipinski definition) is 6. The standard InChI is InChI=1S/C25H24N2O6/c1-31-21-8-4-5-17(12-21)14-24(28)27-26-15-18-9-10-22(23(13-18)32-2)33-16-19-6-3-7-20(11-19)25(29)30/h3-13,15H,14,16H2,1-2H3,(H,27,28)(H,29,30). The van der Waals surface area contributed by atoms with Gasteiger partial charge in [-0.2, -0.15) is 5.10 Å². The molecule has 8 nitrogen and oxygen atoms in total. The fraction of sp³-hybridized carbons (Fsp3) is 0.160. The minimum atomic E-state index is -0.992. The number of benzene rings is 3. The van der Waals surface area contributed by atoms with Gasteiger partial charge in [0.25, 0.3) is 0 Å². The molecule has 0 saturated carbocycles. The van der Waals surface area contributed by atoms with E-state index >= 15 is 0 Å². The largest absolute Gasteiger partial charge is 0.497 e. The van der Waals surface area contributed by atoms with Gasteiger partial charge in [-0.15, -0.1) is 0 Å². The molecule has 0 aliphatic carbocycles. The second kappa shape index (κ2) is 11.3. The van der Waals surface area contributed by atoms with Crippen LogP contribution in [0.15, 0.2) is 71.8 Å². The zero-order valence-electron chi connectivity index (χ0n) is 18.3. The molecule has 0 fully saturated rings. The molecule has 0 unspecified atom stereocenters. The first-order valence-corrected chi connectivity index (χ1v) is 10.1. The van der Waals surface area contributed by atoms with Crippen LogP contribution in [0.4, 0.5) is 0 Å². The van der Waals surface area contributed by atoms with E-state index < -0.39 is 5.97 Å². The van der Waals surface area contributed by atoms with E-state index in [-0.39, 0.29) is 24.5 Å². The normalized spacial score (nSPS) is 10.6. The van der Waals surface area contributed by atoms with Crippen LogP contribution in [0.25, 0.3) is 0 Å². The Morgan fingerprint density at radius 3 is 2.48 bits per heavy atom. The summed E-state index contributed by atoms with van der Waals surface area (Å²) in [5.41, 5.74) is 4.94. The highest BCUT2D eigenvalue weighted by Crippen LogP contribution is 2.28. The Morgan fingerprint density at radius 1 is 0.939 bits per heavy atom. The lowest BCUT2D eigenvalue weighted by molar-refractivity contribution is -0.120. The topological polar surface area (TPSA) is 106 Å². The van der Waals surface area contributed by atoms with E-state index in [9.17, 15) is 9.59 Å². The second-order valence-electron chi connectivity index (χ2n) is 7.03. The minimum absolute atomic E-state index is 0.174. The molecule has 2 N–H and O–H groups in total. The van der Waals surface area contributed by atoms with Crippen molar-refractivity contribution in [3.63, 3.8) is 0 Å². The molecule has 3 aromatic carbocycles. The zero-order valence-corrected chi connectivity index (χ0v) is 18.3. The highest BCUT2D eigenvalue weighted by Gasteiger charge is 2.08. The predicted molar refractivity (Wildman–Crippen MR) is 123 cm³/mol. The maximum absolute atomic E-state index is 12.1. The molecule has 0 bridgehead atoms. The smallest absolute Gasteiger partial charge is 0.335 e. The minimum Gasteiger partial charge on any atom is -0.497 e. The molecule has 170 valence electrons. The number of carboxylic acid groups (broad SMARTS) is 1. The maximum atomic E-state index is 12.1. The predicted octanol–water partition coefficient (Wildman–Crippen LogP) is 3.67. The fourth-order valence-corrected chi connectivity index (χ4v) is 3.03. The summed E-state index contributed by atoms with van der Waals surface area (Å²) in [6.45, 7) is 0.186. The first-order valence-electron chi connectivity index (χ1n) is 10.1. The van der Waals surface area contributed by atoms with Crippen molar-refractivity contribution in [1.29, 1.82) is 0 Å². The number of carbonyl (C=O) groups is 2. The summed E-state index contributed by atoms with van der Waals surface area (Å²) in [6.07, 6.45) is 1.68. The number of nitrogens with one attached hydrogen (secondary N) is 1. The molecule has 0 atom stereocenters. The van der Waals surface area contributed by atoms with Crippen LogP contribution < -0.4 is 19.6 Å². The molecule has 3 aromatic rings. The molecule has 0 aliphatic heterocycles. The summed E-state index contributed by atoms with van der Waals surface area (Å²) in [7, 11) is 3.09. The average Bonchev–Trinajstić information content (AvgIpc) is 2.83. The van der Waals surface area contributed by atoms with Crippen molar-refractivity contribution in [2.75, 3.05) is 14.2 Å². The molecule has 0 saturated heterocycles. The molecule has 0 spiro atoms. The number of rotatable bonds is 10. The van der Waals surface area contributed by atoms with E-state index in [1.165, 1.54) is 19.4 Å². The number of hydrazone groups is 1. The van der Waals surface area contributed by atoms with Crippen molar-refractivity contribution in [3.05, 3.63) is 89.0 Å². The van der Waals surface area contributed by atoms with Gasteiger partial charge in [-0.25, -0.2) is 10.2 Å². The van der Waals surface area contributed by atoms with Gasteiger partial charge in [-0.05, 0) is 59.2 Å². The van der Waals surface area contributed by atoms with Crippen molar-refractivity contribution in [1.82, 2.24) is 5.43 Å². The lowest BCUT2D eigenvalue weighted by atomic mass is 10.1. The molecule has 0 aliphatic rings. The van der Waals surface area contributed by atoms with Crippen LogP contribution in [0.5, 0.6) is 17.2 Å². The lowest BCUT2D eigenvalue weighted by Gasteiger charge is -2.11. The molecule has 8 heteroatoms. The van der Waals surface area contributed by atoms with Crippen molar-refractivity contribution in [2.45, 2.75) is 13.0 Å². The highest BCUT2D eigenvalue weighted by molar-refractivity contribution is 5.87. The van der Waals surface area contributed by atoms with Crippen LogP contribution >= 0.6 is 0 Å². The highest BCUT2D eigenvalue weighted by atomic mass is 16.5. The Labute approximate surface area is 191 Å². The SMILES string of the molecule is COc1cccc(CC(=O)NN=Cc2ccc(OCc3cccc(C(=O)O)c3)c(OC)c2)c1. The monoisotopic (exact) mass is 448 g/mol. The van der Waals surface area contributed by atoms with Gasteiger partial charge in [-0.3, -0.25) is 4.79 Å². The summed E-state index contributed by atoms with van der Waals surface area (Å²) >= 11 is 0. The summed E-state index contributed by atoms with van der Waals surface area (Å²) < 4.78 is 16.3. The summed E-state index contributed by atoms with van der Waals surface area (Å²) in [5.74, 6) is 0.421. The number of ether oxygens (including phenoxy) is 3. The summed E-state index contributed by atoms with van der Waals surface area (Å²) in [4.78, 5) is 23.2. The fourth-order valence-electron chi connectivity index (χ4n) is 3.03. The van der Waals surface area contributed by atoms with E-state index in [1.54, 1.807) is 49.6 Å². The Hall–Kier alpha value is -4.33. The van der Waals surface area contributed by atoms with Gasteiger partial charge in [0.15, 0.2) is 11.5 Å². The molecule has 0 aromatic heterocycles. The number of nitrogens with zero attached hydrogens (tertiary/aromatic N) is 1. The quantitative estimate of drug-likeness (QED) is 0.362. The third-order valence-corrected chi connectivity index (χ3v) is 4.66. The zero-order chi connectivity index (χ0) is 23.6. The van der Waals surface area contributed by atoms with E-state index in [0.717, 1.165) is 11.1 Å². The van der Waals surface area contributed by atoms with Gasteiger partial charge in [0.1, 0.15) is 12.4 Å². The van der Waals surface area contributed by atoms with E-state index in [0.29, 0.717) is 22.8 Å². The number of amides is 1. The van der Waals surface area contributed by atoms with Gasteiger partial charge in [0, 0.05) is 0 Å². The number of methoxy groups -OCH3 is 2. The van der Waals surface area contributed by atoms with E-state index in [2.05, 4.69) is 10.5 Å². The van der Waals surface area contributed by atoms with E-state index in [4.69, 9.17) is 19.3 Å². The van der Waals surface area contributed by atoms with Crippen LogP contribution in [-0.2, 0) is 17.8 Å². The van der Waals surface area contributed by atoms with Crippen LogP contribution in [-0.4, -0.2) is 37.4 Å². The molecular formula is C25H24N2O6. The van der Waals surface area contributed by atoms with Crippen molar-refractivity contribution >= 4 is 18.1 Å². The van der Waals surface area contributed by atoms with Gasteiger partial charge in [0.05, 0.1) is 32.4 Å². The molecule has 3 rings (SSSR count). The van der Waals surface area contributed by atoms with Crippen molar-refractivity contribution < 1.29 is 28.9 Å². The molecular weight excluding hydrogens is 424 g/mol. The van der Waals surface area contributed by atoms with Crippen LogP contribution in [0.1, 0.15) is 27.0 Å². The van der Waals surface area contributed by atoms with Crippen LogP contribution in [0.3, 0.4) is 0 Å². The van der Waals surface area contributed by atoms with Crippen molar-refractivity contribution in [2.24, 2.45) is 5.10 Å². The van der Waals surface area contributed by atoms with Gasteiger partial charge >= 0.3 is 5.97 Å². The second-order valence-corrected chi connectivity index (χ2v) is 7.03. The third kappa shape index (κ3) is 6.83. The number of carboxylic acids is 1. The summed E-state index contributed by atoms with van der Waals surface area (Å²) in [6, 6.07) is 19.0. The summed E-state index contributed by atoms with van der Waals surface area (Å²) in [5, 5.41) is 13.1. The lowest BCUT2D eigenvalue weighted by Crippen LogP contribution is -2.19. The average molecular weight is 448 g/mol. The number of hydrogen-bond donors (Lipinski definition) is 2. The van der Waals surface area contributed by atoms with Gasteiger partial charge in [-0.1, -0.05) is 24.3 Å². The molecule has 0 heterocycles. The molecule has 0 radical (unpaired) electrons. The Balaban J connectivity index is 1.58. The van der Waals surface area contributed by atoms with Crippen molar-refractivity contribution in [3.8, 4) is 17.2 Å². The Bertz CT molecular complexity index is 1160. The first-order chi connectivity index (χ1) is 16.0. The van der Waals surface area contributed by atoms with Gasteiger partial charge < -0.3 is 19.3 Å². The molecule has 1 amide bonds. The van der Waals surface area contributed by atoms with E-state index in [1.807, 2.05) is 18.2 Å². The Morgan fingerprint density at radius 2 is 1.73 bits per heavy atom.